The van der Waals surface area contributed by atoms with Crippen molar-refractivity contribution in [2.24, 2.45) is 0 Å². The number of nitro groups is 1. The summed E-state index contributed by atoms with van der Waals surface area (Å²) in [6.07, 6.45) is 3.75. The van der Waals surface area contributed by atoms with Gasteiger partial charge in [-0.15, -0.1) is 0 Å². The second-order valence-corrected chi connectivity index (χ2v) is 6.54. The molecule has 148 valence electrons. The van der Waals surface area contributed by atoms with E-state index in [9.17, 15) is 14.9 Å². The lowest BCUT2D eigenvalue weighted by Crippen LogP contribution is -2.32. The molecule has 0 spiro atoms. The lowest BCUT2D eigenvalue weighted by Gasteiger charge is -2.24. The van der Waals surface area contributed by atoms with E-state index in [4.69, 9.17) is 4.74 Å². The molecule has 1 fully saturated rings. The van der Waals surface area contributed by atoms with Gasteiger partial charge < -0.3 is 14.5 Å². The zero-order valence-electron chi connectivity index (χ0n) is 16.0. The van der Waals surface area contributed by atoms with Gasteiger partial charge in [0.25, 0.3) is 5.69 Å². The third kappa shape index (κ3) is 4.36. The molecule has 28 heavy (non-hydrogen) atoms. The molecule has 0 amide bonds. The van der Waals surface area contributed by atoms with Crippen LogP contribution in [0.25, 0.3) is 0 Å². The molecule has 3 heterocycles. The monoisotopic (exact) mass is 385 g/mol. The fourth-order valence-electron chi connectivity index (χ4n) is 3.25. The van der Waals surface area contributed by atoms with E-state index in [0.717, 1.165) is 49.8 Å². The van der Waals surface area contributed by atoms with Crippen LogP contribution in [-0.4, -0.2) is 53.6 Å². The zero-order valence-corrected chi connectivity index (χ0v) is 16.0. The summed E-state index contributed by atoms with van der Waals surface area (Å²) in [5.41, 5.74) is 1.23. The highest BCUT2D eigenvalue weighted by molar-refractivity contribution is 5.89. The summed E-state index contributed by atoms with van der Waals surface area (Å²) < 4.78 is 4.98. The fourth-order valence-corrected chi connectivity index (χ4v) is 3.25. The van der Waals surface area contributed by atoms with E-state index in [1.54, 1.807) is 19.1 Å². The van der Waals surface area contributed by atoms with Crippen molar-refractivity contribution in [3.8, 4) is 0 Å². The Labute approximate surface area is 163 Å². The quantitative estimate of drug-likeness (QED) is 0.440. The molecule has 0 atom stereocenters. The highest BCUT2D eigenvalue weighted by Gasteiger charge is 2.20. The molecule has 9 nitrogen and oxygen atoms in total. The molecular weight excluding hydrogens is 362 g/mol. The molecule has 0 aromatic carbocycles. The molecular formula is C19H23N5O4. The average molecular weight is 385 g/mol. The van der Waals surface area contributed by atoms with Crippen LogP contribution in [0.5, 0.6) is 0 Å². The molecule has 1 saturated heterocycles. The van der Waals surface area contributed by atoms with Crippen molar-refractivity contribution >= 4 is 23.3 Å². The smallest absolute Gasteiger partial charge is 0.339 e. The second kappa shape index (κ2) is 8.64. The Bertz CT molecular complexity index is 856. The third-order valence-corrected chi connectivity index (χ3v) is 4.63. The molecule has 0 N–H and O–H groups in total. The van der Waals surface area contributed by atoms with Gasteiger partial charge in [-0.2, -0.15) is 0 Å². The van der Waals surface area contributed by atoms with Crippen LogP contribution in [0, 0.1) is 17.0 Å². The van der Waals surface area contributed by atoms with Gasteiger partial charge >= 0.3 is 5.97 Å². The topological polar surface area (TPSA) is 102 Å². The number of rotatable bonds is 5. The molecule has 3 rings (SSSR count). The van der Waals surface area contributed by atoms with Crippen LogP contribution >= 0.6 is 0 Å². The van der Waals surface area contributed by atoms with Crippen molar-refractivity contribution in [2.45, 2.75) is 20.3 Å². The van der Waals surface area contributed by atoms with Crippen molar-refractivity contribution < 1.29 is 14.5 Å². The first-order chi connectivity index (χ1) is 13.5. The molecule has 0 unspecified atom stereocenters. The summed E-state index contributed by atoms with van der Waals surface area (Å²) >= 11 is 0. The van der Waals surface area contributed by atoms with Crippen molar-refractivity contribution in [3.05, 3.63) is 51.8 Å². The van der Waals surface area contributed by atoms with E-state index in [0.29, 0.717) is 12.2 Å². The van der Waals surface area contributed by atoms with Crippen molar-refractivity contribution in [1.82, 2.24) is 9.97 Å². The summed E-state index contributed by atoms with van der Waals surface area (Å²) in [5.74, 6) is 1.21. The Hall–Kier alpha value is -3.23. The molecule has 0 bridgehead atoms. The number of nitrogens with zero attached hydrogens (tertiary/aromatic N) is 5. The van der Waals surface area contributed by atoms with Crippen LogP contribution in [0.3, 0.4) is 0 Å². The first kappa shape index (κ1) is 19.5. The number of pyridine rings is 2. The zero-order chi connectivity index (χ0) is 20.1. The fraction of sp³-hybridized carbons (Fsp3) is 0.421. The molecule has 1 aliphatic heterocycles. The van der Waals surface area contributed by atoms with Gasteiger partial charge in [-0.05, 0) is 38.0 Å². The maximum Gasteiger partial charge on any atom is 0.339 e. The number of hydrogen-bond acceptors (Lipinski definition) is 8. The molecule has 2 aromatic rings. The SMILES string of the molecule is CCOC(=O)c1ccc(N2CCCN(c3ncc([N+](=O)[O-])cc3C)CC2)nc1. The van der Waals surface area contributed by atoms with Gasteiger partial charge in [0.2, 0.25) is 0 Å². The second-order valence-electron chi connectivity index (χ2n) is 6.54. The van der Waals surface area contributed by atoms with Gasteiger partial charge in [0.05, 0.1) is 17.1 Å². The van der Waals surface area contributed by atoms with Gasteiger partial charge in [-0.1, -0.05) is 0 Å². The van der Waals surface area contributed by atoms with E-state index < -0.39 is 4.92 Å². The molecule has 1 aliphatic rings. The summed E-state index contributed by atoms with van der Waals surface area (Å²) in [4.78, 5) is 35.3. The minimum absolute atomic E-state index is 0.00332. The number of ether oxygens (including phenoxy) is 1. The first-order valence-electron chi connectivity index (χ1n) is 9.23. The normalized spacial score (nSPS) is 14.5. The average Bonchev–Trinajstić information content (AvgIpc) is 2.94. The number of carbonyl (C=O) groups excluding carboxylic acids is 1. The molecule has 0 radical (unpaired) electrons. The largest absolute Gasteiger partial charge is 0.462 e. The lowest BCUT2D eigenvalue weighted by molar-refractivity contribution is -0.385. The van der Waals surface area contributed by atoms with Gasteiger partial charge in [0, 0.05) is 38.4 Å². The number of esters is 1. The van der Waals surface area contributed by atoms with Crippen LogP contribution in [0.4, 0.5) is 17.3 Å². The summed E-state index contributed by atoms with van der Waals surface area (Å²) in [5, 5.41) is 10.9. The number of carbonyl (C=O) groups is 1. The van der Waals surface area contributed by atoms with Crippen LogP contribution in [-0.2, 0) is 4.74 Å². The minimum Gasteiger partial charge on any atom is -0.462 e. The molecule has 0 aliphatic carbocycles. The number of hydrogen-bond donors (Lipinski definition) is 0. The van der Waals surface area contributed by atoms with Crippen molar-refractivity contribution in [2.75, 3.05) is 42.6 Å². The molecule has 9 heteroatoms. The lowest BCUT2D eigenvalue weighted by atomic mass is 10.2. The summed E-state index contributed by atoms with van der Waals surface area (Å²) in [6.45, 7) is 7.05. The summed E-state index contributed by atoms with van der Waals surface area (Å²) in [6, 6.07) is 5.11. The van der Waals surface area contributed by atoms with Crippen LogP contribution in [0.1, 0.15) is 29.3 Å². The van der Waals surface area contributed by atoms with Gasteiger partial charge in [-0.3, -0.25) is 10.1 Å². The predicted octanol–water partition coefficient (Wildman–Crippen LogP) is 2.59. The van der Waals surface area contributed by atoms with Crippen molar-refractivity contribution in [3.63, 3.8) is 0 Å². The Morgan fingerprint density at radius 2 is 1.93 bits per heavy atom. The number of aromatic nitrogens is 2. The Kier molecular flexibility index (Phi) is 6.03. The highest BCUT2D eigenvalue weighted by Crippen LogP contribution is 2.23. The number of anilines is 2. The third-order valence-electron chi connectivity index (χ3n) is 4.63. The Morgan fingerprint density at radius 3 is 2.57 bits per heavy atom. The van der Waals surface area contributed by atoms with Crippen LogP contribution in [0.2, 0.25) is 0 Å². The standard InChI is InChI=1S/C19H23N5O4/c1-3-28-19(25)15-5-6-17(20-12-15)22-7-4-8-23(10-9-22)18-14(2)11-16(13-21-18)24(26)27/h5-6,11-13H,3-4,7-10H2,1-2H3. The van der Waals surface area contributed by atoms with Gasteiger partial charge in [-0.25, -0.2) is 14.8 Å². The van der Waals surface area contributed by atoms with Crippen LogP contribution in [0.15, 0.2) is 30.6 Å². The first-order valence-corrected chi connectivity index (χ1v) is 9.23. The summed E-state index contributed by atoms with van der Waals surface area (Å²) in [7, 11) is 0. The van der Waals surface area contributed by atoms with Crippen LogP contribution < -0.4 is 9.80 Å². The van der Waals surface area contributed by atoms with E-state index in [1.807, 2.05) is 13.0 Å². The molecule has 0 saturated carbocycles. The predicted molar refractivity (Wildman–Crippen MR) is 105 cm³/mol. The Morgan fingerprint density at radius 1 is 1.18 bits per heavy atom. The van der Waals surface area contributed by atoms with E-state index in [2.05, 4.69) is 19.8 Å². The van der Waals surface area contributed by atoms with E-state index >= 15 is 0 Å². The highest BCUT2D eigenvalue weighted by atomic mass is 16.6. The number of aryl methyl sites for hydroxylation is 1. The Balaban J connectivity index is 1.68. The van der Waals surface area contributed by atoms with Crippen molar-refractivity contribution in [1.29, 1.82) is 0 Å². The van der Waals surface area contributed by atoms with Gasteiger partial charge in [0.1, 0.15) is 17.8 Å². The van der Waals surface area contributed by atoms with E-state index in [-0.39, 0.29) is 11.7 Å². The van der Waals surface area contributed by atoms with E-state index in [1.165, 1.54) is 12.4 Å². The molecule has 2 aromatic heterocycles. The maximum absolute atomic E-state index is 11.8. The van der Waals surface area contributed by atoms with Gasteiger partial charge in [0.15, 0.2) is 0 Å². The minimum atomic E-state index is -0.431. The maximum atomic E-state index is 11.8.